The Morgan fingerprint density at radius 3 is 2.48 bits per heavy atom. The summed E-state index contributed by atoms with van der Waals surface area (Å²) in [5.41, 5.74) is 1.79. The van der Waals surface area contributed by atoms with Crippen molar-refractivity contribution in [1.82, 2.24) is 10.2 Å². The summed E-state index contributed by atoms with van der Waals surface area (Å²) < 4.78 is 5.26. The third-order valence-electron chi connectivity index (χ3n) is 4.76. The van der Waals surface area contributed by atoms with E-state index in [0.717, 1.165) is 11.1 Å². The van der Waals surface area contributed by atoms with Gasteiger partial charge in [-0.3, -0.25) is 19.7 Å². The average molecular weight is 446 g/mol. The molecular formula is C22H27N3O5S. The van der Waals surface area contributed by atoms with Gasteiger partial charge in [-0.2, -0.15) is 0 Å². The number of nitro benzene ring substituents is 1. The lowest BCUT2D eigenvalue weighted by atomic mass is 10.1. The maximum atomic E-state index is 13.1. The molecule has 9 heteroatoms. The van der Waals surface area contributed by atoms with Crippen molar-refractivity contribution in [3.8, 4) is 5.75 Å². The Labute approximate surface area is 186 Å². The zero-order chi connectivity index (χ0) is 22.8. The third kappa shape index (κ3) is 6.99. The highest BCUT2D eigenvalue weighted by molar-refractivity contribution is 7.99. The number of nitrogens with one attached hydrogen (secondary N) is 1. The van der Waals surface area contributed by atoms with E-state index in [4.69, 9.17) is 4.74 Å². The number of benzene rings is 2. The largest absolute Gasteiger partial charge is 0.497 e. The van der Waals surface area contributed by atoms with Crippen LogP contribution in [0.15, 0.2) is 48.5 Å². The molecular weight excluding hydrogens is 418 g/mol. The van der Waals surface area contributed by atoms with E-state index in [1.54, 1.807) is 31.2 Å². The Balaban J connectivity index is 2.09. The molecule has 0 saturated heterocycles. The third-order valence-corrected chi connectivity index (χ3v) is 5.75. The highest BCUT2D eigenvalue weighted by Gasteiger charge is 2.27. The van der Waals surface area contributed by atoms with Gasteiger partial charge in [0.1, 0.15) is 11.8 Å². The minimum atomic E-state index is -0.580. The monoisotopic (exact) mass is 445 g/mol. The van der Waals surface area contributed by atoms with Gasteiger partial charge in [-0.15, -0.1) is 11.8 Å². The first-order chi connectivity index (χ1) is 14.9. The molecule has 0 heterocycles. The van der Waals surface area contributed by atoms with E-state index in [9.17, 15) is 19.7 Å². The van der Waals surface area contributed by atoms with Crippen molar-refractivity contribution in [1.29, 1.82) is 0 Å². The van der Waals surface area contributed by atoms with E-state index < -0.39 is 11.0 Å². The van der Waals surface area contributed by atoms with Crippen LogP contribution >= 0.6 is 11.8 Å². The normalized spacial score (nSPS) is 11.5. The predicted molar refractivity (Wildman–Crippen MR) is 121 cm³/mol. The maximum absolute atomic E-state index is 13.1. The van der Waals surface area contributed by atoms with Gasteiger partial charge in [-0.1, -0.05) is 31.2 Å². The number of likely N-dealkylation sites (N-methyl/N-ethyl adjacent to an activating group) is 1. The van der Waals surface area contributed by atoms with Crippen LogP contribution < -0.4 is 10.1 Å². The second kappa shape index (κ2) is 11.9. The number of carbonyl (C=O) groups is 2. The van der Waals surface area contributed by atoms with Gasteiger partial charge in [0.2, 0.25) is 11.8 Å². The summed E-state index contributed by atoms with van der Waals surface area (Å²) in [6.07, 6.45) is 0.488. The van der Waals surface area contributed by atoms with Gasteiger partial charge in [0, 0.05) is 31.5 Å². The summed E-state index contributed by atoms with van der Waals surface area (Å²) in [5, 5.41) is 13.4. The van der Waals surface area contributed by atoms with Crippen molar-refractivity contribution >= 4 is 29.3 Å². The molecule has 0 spiro atoms. The number of ether oxygens (including phenoxy) is 1. The summed E-state index contributed by atoms with van der Waals surface area (Å²) in [4.78, 5) is 37.4. The first-order valence-corrected chi connectivity index (χ1v) is 11.0. The molecule has 0 saturated carbocycles. The van der Waals surface area contributed by atoms with E-state index in [0.29, 0.717) is 24.5 Å². The van der Waals surface area contributed by atoms with E-state index in [-0.39, 0.29) is 23.3 Å². The summed E-state index contributed by atoms with van der Waals surface area (Å²) in [5.74, 6) is 1.05. The molecule has 2 aromatic rings. The van der Waals surface area contributed by atoms with Crippen LogP contribution in [0.4, 0.5) is 5.69 Å². The van der Waals surface area contributed by atoms with Gasteiger partial charge < -0.3 is 15.0 Å². The van der Waals surface area contributed by atoms with Crippen LogP contribution in [0.5, 0.6) is 5.75 Å². The molecule has 1 N–H and O–H groups in total. The number of nitrogens with zero attached hydrogens (tertiary/aromatic N) is 2. The smallest absolute Gasteiger partial charge is 0.269 e. The molecule has 0 aromatic heterocycles. The van der Waals surface area contributed by atoms with Crippen molar-refractivity contribution in [2.45, 2.75) is 31.7 Å². The van der Waals surface area contributed by atoms with E-state index in [1.165, 1.54) is 23.9 Å². The number of non-ortho nitro benzene ring substituents is 1. The number of thioether (sulfide) groups is 1. The lowest BCUT2D eigenvalue weighted by Gasteiger charge is -2.30. The number of amides is 2. The molecule has 1 atom stereocenters. The fourth-order valence-electron chi connectivity index (χ4n) is 3.11. The number of hydrogen-bond donors (Lipinski definition) is 1. The van der Waals surface area contributed by atoms with Crippen molar-refractivity contribution in [3.05, 3.63) is 69.8 Å². The van der Waals surface area contributed by atoms with Gasteiger partial charge in [0.15, 0.2) is 0 Å². The van der Waals surface area contributed by atoms with Crippen LogP contribution in [0.2, 0.25) is 0 Å². The molecule has 166 valence electrons. The molecule has 2 aromatic carbocycles. The number of hydrogen-bond acceptors (Lipinski definition) is 6. The maximum Gasteiger partial charge on any atom is 0.269 e. The Bertz CT molecular complexity index is 904. The van der Waals surface area contributed by atoms with Crippen molar-refractivity contribution in [3.63, 3.8) is 0 Å². The minimum absolute atomic E-state index is 0.0330. The highest BCUT2D eigenvalue weighted by atomic mass is 32.2. The van der Waals surface area contributed by atoms with Crippen LogP contribution in [-0.2, 0) is 21.9 Å². The van der Waals surface area contributed by atoms with E-state index in [2.05, 4.69) is 5.32 Å². The Morgan fingerprint density at radius 2 is 1.90 bits per heavy atom. The lowest BCUT2D eigenvalue weighted by Crippen LogP contribution is -2.48. The van der Waals surface area contributed by atoms with Crippen LogP contribution in [0.25, 0.3) is 0 Å². The van der Waals surface area contributed by atoms with Crippen LogP contribution in [-0.4, -0.2) is 47.6 Å². The van der Waals surface area contributed by atoms with Gasteiger partial charge in [-0.05, 0) is 29.7 Å². The number of rotatable bonds is 11. The molecule has 1 unspecified atom stereocenters. The first kappa shape index (κ1) is 24.2. The lowest BCUT2D eigenvalue weighted by molar-refractivity contribution is -0.384. The molecule has 2 amide bonds. The van der Waals surface area contributed by atoms with Gasteiger partial charge >= 0.3 is 0 Å². The fraction of sp³-hybridized carbons (Fsp3) is 0.364. The first-order valence-electron chi connectivity index (χ1n) is 9.84. The minimum Gasteiger partial charge on any atom is -0.497 e. The van der Waals surface area contributed by atoms with Crippen LogP contribution in [0.1, 0.15) is 24.5 Å². The number of carbonyl (C=O) groups excluding carboxylic acids is 2. The Kier molecular flexibility index (Phi) is 9.33. The fourth-order valence-corrected chi connectivity index (χ4v) is 3.98. The van der Waals surface area contributed by atoms with Crippen LogP contribution in [0, 0.1) is 10.1 Å². The van der Waals surface area contributed by atoms with Gasteiger partial charge in [0.25, 0.3) is 5.69 Å². The molecule has 0 aliphatic rings. The molecule has 2 rings (SSSR count). The molecule has 0 bridgehead atoms. The van der Waals surface area contributed by atoms with Crippen molar-refractivity contribution in [2.24, 2.45) is 0 Å². The Hall–Kier alpha value is -3.07. The molecule has 8 nitrogen and oxygen atoms in total. The SMILES string of the molecule is CCC(C(=O)NC)N(Cc1cccc(OC)c1)C(=O)CSCc1ccc([N+](=O)[O-])cc1. The second-order valence-electron chi connectivity index (χ2n) is 6.83. The highest BCUT2D eigenvalue weighted by Crippen LogP contribution is 2.20. The number of methoxy groups -OCH3 is 1. The van der Waals surface area contributed by atoms with Crippen molar-refractivity contribution in [2.75, 3.05) is 19.9 Å². The number of nitro groups is 1. The molecule has 0 aliphatic carbocycles. The zero-order valence-electron chi connectivity index (χ0n) is 17.9. The molecule has 31 heavy (non-hydrogen) atoms. The van der Waals surface area contributed by atoms with Gasteiger partial charge in [0.05, 0.1) is 17.8 Å². The van der Waals surface area contributed by atoms with E-state index >= 15 is 0 Å². The van der Waals surface area contributed by atoms with Crippen LogP contribution in [0.3, 0.4) is 0 Å². The summed E-state index contributed by atoms with van der Waals surface area (Å²) in [7, 11) is 3.14. The predicted octanol–water partition coefficient (Wildman–Crippen LogP) is 3.39. The standard InChI is InChI=1S/C22H27N3O5S/c1-4-20(22(27)23-2)24(13-17-6-5-7-19(12-17)30-3)21(26)15-31-14-16-8-10-18(11-9-16)25(28)29/h5-12,20H,4,13-15H2,1-3H3,(H,23,27). The summed E-state index contributed by atoms with van der Waals surface area (Å²) >= 11 is 1.41. The van der Waals surface area contributed by atoms with Gasteiger partial charge in [-0.25, -0.2) is 0 Å². The summed E-state index contributed by atoms with van der Waals surface area (Å²) in [6, 6.07) is 13.1. The van der Waals surface area contributed by atoms with Crippen molar-refractivity contribution < 1.29 is 19.2 Å². The Morgan fingerprint density at radius 1 is 1.19 bits per heavy atom. The summed E-state index contributed by atoms with van der Waals surface area (Å²) in [6.45, 7) is 2.16. The average Bonchev–Trinajstić information content (AvgIpc) is 2.79. The van der Waals surface area contributed by atoms with E-state index in [1.807, 2.05) is 31.2 Å². The molecule has 0 radical (unpaired) electrons. The molecule has 0 aliphatic heterocycles. The second-order valence-corrected chi connectivity index (χ2v) is 7.81. The zero-order valence-corrected chi connectivity index (χ0v) is 18.7. The topological polar surface area (TPSA) is 102 Å². The quantitative estimate of drug-likeness (QED) is 0.420. The molecule has 0 fully saturated rings.